The highest BCUT2D eigenvalue weighted by atomic mass is 32.2. The van der Waals surface area contributed by atoms with Crippen molar-refractivity contribution in [2.75, 3.05) is 18.6 Å². The molecule has 0 aromatic rings. The van der Waals surface area contributed by atoms with Crippen molar-refractivity contribution in [3.05, 3.63) is 0 Å². The highest BCUT2D eigenvalue weighted by Crippen LogP contribution is 1.99. The minimum Gasteiger partial charge on any atom is -0.391 e. The fourth-order valence-electron chi connectivity index (χ4n) is 0.737. The molecular weight excluding hydrogens is 186 g/mol. The predicted octanol–water partition coefficient (Wildman–Crippen LogP) is 0.873. The second kappa shape index (κ2) is 7.21. The number of amides is 1. The zero-order valence-electron chi connectivity index (χ0n) is 8.54. The Morgan fingerprint density at radius 1 is 1.54 bits per heavy atom. The summed E-state index contributed by atoms with van der Waals surface area (Å²) < 4.78 is 0. The third kappa shape index (κ3) is 6.90. The van der Waals surface area contributed by atoms with E-state index in [9.17, 15) is 9.90 Å². The van der Waals surface area contributed by atoms with E-state index in [1.54, 1.807) is 11.8 Å². The summed E-state index contributed by atoms with van der Waals surface area (Å²) in [6.07, 6.45) is 2.07. The van der Waals surface area contributed by atoms with Crippen LogP contribution in [0.4, 0.5) is 0 Å². The molecule has 0 aliphatic heterocycles. The van der Waals surface area contributed by atoms with Gasteiger partial charge in [-0.3, -0.25) is 4.79 Å². The van der Waals surface area contributed by atoms with E-state index in [1.165, 1.54) is 0 Å². The molecule has 4 heteroatoms. The summed E-state index contributed by atoms with van der Waals surface area (Å²) in [4.78, 5) is 11.1. The average Bonchev–Trinajstić information content (AvgIpc) is 2.10. The maximum atomic E-state index is 11.1. The molecule has 0 aromatic carbocycles. The topological polar surface area (TPSA) is 49.3 Å². The van der Waals surface area contributed by atoms with E-state index in [1.807, 2.05) is 20.1 Å². The van der Waals surface area contributed by atoms with Gasteiger partial charge in [-0.25, -0.2) is 0 Å². The summed E-state index contributed by atoms with van der Waals surface area (Å²) in [5, 5.41) is 12.1. The number of hydrogen-bond acceptors (Lipinski definition) is 3. The number of thioether (sulfide) groups is 1. The van der Waals surface area contributed by atoms with Gasteiger partial charge < -0.3 is 10.4 Å². The van der Waals surface area contributed by atoms with Crippen LogP contribution in [0.25, 0.3) is 0 Å². The lowest BCUT2D eigenvalue weighted by molar-refractivity contribution is -0.121. The number of aliphatic hydroxyl groups excluding tert-OH is 1. The van der Waals surface area contributed by atoms with Crippen LogP contribution in [0, 0.1) is 5.92 Å². The first-order valence-electron chi connectivity index (χ1n) is 4.51. The Morgan fingerprint density at radius 3 is 2.62 bits per heavy atom. The van der Waals surface area contributed by atoms with Crippen molar-refractivity contribution >= 4 is 17.7 Å². The van der Waals surface area contributed by atoms with Crippen LogP contribution < -0.4 is 5.32 Å². The summed E-state index contributed by atoms with van der Waals surface area (Å²) in [5.41, 5.74) is 0. The van der Waals surface area contributed by atoms with Crippen LogP contribution in [0.1, 0.15) is 20.3 Å². The van der Waals surface area contributed by atoms with Gasteiger partial charge in [-0.15, -0.1) is 0 Å². The van der Waals surface area contributed by atoms with Crippen molar-refractivity contribution in [2.24, 2.45) is 5.92 Å². The molecule has 0 bridgehead atoms. The third-order valence-corrected chi connectivity index (χ3v) is 2.42. The number of carbonyl (C=O) groups excluding carboxylic acids is 1. The fraction of sp³-hybridized carbons (Fsp3) is 0.889. The molecule has 0 radical (unpaired) electrons. The second-order valence-corrected chi connectivity index (χ2v) is 4.34. The van der Waals surface area contributed by atoms with E-state index < -0.39 is 6.10 Å². The molecule has 0 rings (SSSR count). The van der Waals surface area contributed by atoms with E-state index in [2.05, 4.69) is 5.32 Å². The molecule has 0 aliphatic rings. The standard InChI is InChI=1S/C9H19NO2S/c1-7(2)8(11)6-10-9(12)4-5-13-3/h7-8,11H,4-6H2,1-3H3,(H,10,12). The second-order valence-electron chi connectivity index (χ2n) is 3.36. The van der Waals surface area contributed by atoms with E-state index in [0.29, 0.717) is 13.0 Å². The molecule has 13 heavy (non-hydrogen) atoms. The number of aliphatic hydroxyl groups is 1. The molecule has 78 valence electrons. The molecule has 0 saturated heterocycles. The zero-order chi connectivity index (χ0) is 10.3. The first kappa shape index (κ1) is 12.8. The van der Waals surface area contributed by atoms with Crippen LogP contribution in [0.5, 0.6) is 0 Å². The monoisotopic (exact) mass is 205 g/mol. The van der Waals surface area contributed by atoms with E-state index >= 15 is 0 Å². The summed E-state index contributed by atoms with van der Waals surface area (Å²) in [5.74, 6) is 1.05. The number of rotatable bonds is 6. The van der Waals surface area contributed by atoms with Crippen molar-refractivity contribution in [1.82, 2.24) is 5.32 Å². The quantitative estimate of drug-likeness (QED) is 0.676. The van der Waals surface area contributed by atoms with Gasteiger partial charge in [0.2, 0.25) is 5.91 Å². The maximum Gasteiger partial charge on any atom is 0.220 e. The Kier molecular flexibility index (Phi) is 7.09. The van der Waals surface area contributed by atoms with Crippen molar-refractivity contribution in [3.8, 4) is 0 Å². The van der Waals surface area contributed by atoms with Crippen LogP contribution in [-0.4, -0.2) is 35.7 Å². The van der Waals surface area contributed by atoms with Gasteiger partial charge in [-0.2, -0.15) is 11.8 Å². The van der Waals surface area contributed by atoms with E-state index in [0.717, 1.165) is 5.75 Å². The maximum absolute atomic E-state index is 11.1. The lowest BCUT2D eigenvalue weighted by Gasteiger charge is -2.14. The van der Waals surface area contributed by atoms with Crippen molar-refractivity contribution < 1.29 is 9.90 Å². The first-order chi connectivity index (χ1) is 6.07. The predicted molar refractivity (Wildman–Crippen MR) is 56.9 cm³/mol. The van der Waals surface area contributed by atoms with Gasteiger partial charge in [-0.1, -0.05) is 13.8 Å². The van der Waals surface area contributed by atoms with Gasteiger partial charge in [0, 0.05) is 18.7 Å². The molecule has 0 spiro atoms. The molecule has 0 heterocycles. The Labute approximate surface area is 84.3 Å². The average molecular weight is 205 g/mol. The molecule has 1 amide bonds. The molecule has 0 aliphatic carbocycles. The summed E-state index contributed by atoms with van der Waals surface area (Å²) >= 11 is 1.65. The number of hydrogen-bond donors (Lipinski definition) is 2. The van der Waals surface area contributed by atoms with Crippen molar-refractivity contribution in [2.45, 2.75) is 26.4 Å². The molecule has 2 N–H and O–H groups in total. The number of nitrogens with one attached hydrogen (secondary N) is 1. The normalized spacial score (nSPS) is 13.0. The molecule has 1 atom stereocenters. The fourth-order valence-corrected chi connectivity index (χ4v) is 1.13. The van der Waals surface area contributed by atoms with Crippen LogP contribution in [-0.2, 0) is 4.79 Å². The minimum absolute atomic E-state index is 0.0223. The smallest absolute Gasteiger partial charge is 0.220 e. The highest BCUT2D eigenvalue weighted by Gasteiger charge is 2.09. The highest BCUT2D eigenvalue weighted by molar-refractivity contribution is 7.98. The Bertz CT molecular complexity index is 151. The van der Waals surface area contributed by atoms with Crippen LogP contribution >= 0.6 is 11.8 Å². The van der Waals surface area contributed by atoms with Gasteiger partial charge >= 0.3 is 0 Å². The Morgan fingerprint density at radius 2 is 2.15 bits per heavy atom. The SMILES string of the molecule is CSCCC(=O)NCC(O)C(C)C. The lowest BCUT2D eigenvalue weighted by Crippen LogP contribution is -2.34. The van der Waals surface area contributed by atoms with Gasteiger partial charge in [0.15, 0.2) is 0 Å². The molecule has 0 aromatic heterocycles. The summed E-state index contributed by atoms with van der Waals surface area (Å²) in [6.45, 7) is 4.22. The van der Waals surface area contributed by atoms with Crippen LogP contribution in [0.3, 0.4) is 0 Å². The van der Waals surface area contributed by atoms with Gasteiger partial charge in [0.1, 0.15) is 0 Å². The Balaban J connectivity index is 3.46. The first-order valence-corrected chi connectivity index (χ1v) is 5.91. The van der Waals surface area contributed by atoms with E-state index in [4.69, 9.17) is 0 Å². The zero-order valence-corrected chi connectivity index (χ0v) is 9.36. The molecule has 1 unspecified atom stereocenters. The van der Waals surface area contributed by atoms with Gasteiger partial charge in [0.05, 0.1) is 6.10 Å². The van der Waals surface area contributed by atoms with E-state index in [-0.39, 0.29) is 11.8 Å². The van der Waals surface area contributed by atoms with Crippen molar-refractivity contribution in [3.63, 3.8) is 0 Å². The summed E-state index contributed by atoms with van der Waals surface area (Å²) in [6, 6.07) is 0. The third-order valence-electron chi connectivity index (χ3n) is 1.81. The van der Waals surface area contributed by atoms with Gasteiger partial charge in [-0.05, 0) is 12.2 Å². The minimum atomic E-state index is -0.432. The number of carbonyl (C=O) groups is 1. The molecule has 3 nitrogen and oxygen atoms in total. The molecule has 0 fully saturated rings. The Hall–Kier alpha value is -0.220. The molecule has 0 saturated carbocycles. The van der Waals surface area contributed by atoms with Crippen molar-refractivity contribution in [1.29, 1.82) is 0 Å². The lowest BCUT2D eigenvalue weighted by atomic mass is 10.1. The largest absolute Gasteiger partial charge is 0.391 e. The summed E-state index contributed by atoms with van der Waals surface area (Å²) in [7, 11) is 0. The van der Waals surface area contributed by atoms with Crippen LogP contribution in [0.15, 0.2) is 0 Å². The van der Waals surface area contributed by atoms with Gasteiger partial charge in [0.25, 0.3) is 0 Å². The molecular formula is C9H19NO2S. The van der Waals surface area contributed by atoms with Crippen LogP contribution in [0.2, 0.25) is 0 Å².